The molecule has 4 nitrogen and oxygen atoms in total. The second-order valence-electron chi connectivity index (χ2n) is 2.51. The van der Waals surface area contributed by atoms with Crippen molar-refractivity contribution in [1.82, 2.24) is 0 Å². The van der Waals surface area contributed by atoms with Crippen LogP contribution in [0.4, 0.5) is 4.39 Å². The van der Waals surface area contributed by atoms with Crippen molar-refractivity contribution in [3.05, 3.63) is 23.5 Å². The maximum Gasteiger partial charge on any atom is 0.163 e. The lowest BCUT2D eigenvalue weighted by Crippen LogP contribution is -2.05. The van der Waals surface area contributed by atoms with Gasteiger partial charge in [-0.15, -0.1) is 0 Å². The molecule has 0 radical (unpaired) electrons. The van der Waals surface area contributed by atoms with E-state index in [2.05, 4.69) is 4.84 Å². The van der Waals surface area contributed by atoms with Crippen LogP contribution in [-0.4, -0.2) is 16.8 Å². The second kappa shape index (κ2) is 4.06. The highest BCUT2D eigenvalue weighted by atomic mass is 19.1. The van der Waals surface area contributed by atoms with Crippen molar-refractivity contribution < 1.29 is 19.4 Å². The summed E-state index contributed by atoms with van der Waals surface area (Å²) < 4.78 is 13.0. The summed E-state index contributed by atoms with van der Waals surface area (Å²) >= 11 is 0. The molecule has 0 aliphatic rings. The molecule has 1 rings (SSSR count). The lowest BCUT2D eigenvalue weighted by Gasteiger charge is -2.06. The summed E-state index contributed by atoms with van der Waals surface area (Å²) in [7, 11) is 0. The fourth-order valence-corrected chi connectivity index (χ4v) is 0.998. The van der Waals surface area contributed by atoms with Crippen molar-refractivity contribution in [3.8, 4) is 11.5 Å². The molecule has 0 spiro atoms. The number of phenols is 2. The number of halogens is 1. The van der Waals surface area contributed by atoms with E-state index in [4.69, 9.17) is 11.0 Å². The normalized spacial score (nSPS) is 10.3. The molecule has 1 aromatic rings. The highest BCUT2D eigenvalue weighted by Gasteiger charge is 2.11. The summed E-state index contributed by atoms with van der Waals surface area (Å²) in [5, 5.41) is 18.3. The van der Waals surface area contributed by atoms with Gasteiger partial charge in [0.2, 0.25) is 0 Å². The highest BCUT2D eigenvalue weighted by molar-refractivity contribution is 5.45. The van der Waals surface area contributed by atoms with Gasteiger partial charge in [0, 0.05) is 12.0 Å². The molecule has 0 amide bonds. The Bertz CT molecular complexity index is 304. The van der Waals surface area contributed by atoms with Crippen LogP contribution in [0, 0.1) is 5.82 Å². The Balaban J connectivity index is 2.96. The third kappa shape index (κ3) is 2.07. The van der Waals surface area contributed by atoms with E-state index < -0.39 is 11.6 Å². The van der Waals surface area contributed by atoms with E-state index in [1.807, 2.05) is 0 Å². The number of nitrogens with two attached hydrogens (primary N) is 1. The molecule has 0 aliphatic heterocycles. The van der Waals surface area contributed by atoms with Gasteiger partial charge in [-0.25, -0.2) is 10.3 Å². The number of aromatic hydroxyl groups is 2. The molecule has 0 saturated heterocycles. The fourth-order valence-electron chi connectivity index (χ4n) is 0.998. The van der Waals surface area contributed by atoms with Crippen LogP contribution >= 0.6 is 0 Å². The summed E-state index contributed by atoms with van der Waals surface area (Å²) in [5.74, 6) is 3.34. The first kappa shape index (κ1) is 9.76. The smallest absolute Gasteiger partial charge is 0.163 e. The highest BCUT2D eigenvalue weighted by Crippen LogP contribution is 2.30. The average Bonchev–Trinajstić information content (AvgIpc) is 2.12. The summed E-state index contributed by atoms with van der Waals surface area (Å²) in [5.41, 5.74) is 0.00505. The molecule has 1 aromatic carbocycles. The Hall–Kier alpha value is -1.33. The fraction of sp³-hybridized carbons (Fsp3) is 0.250. The van der Waals surface area contributed by atoms with E-state index in [0.717, 1.165) is 12.1 Å². The van der Waals surface area contributed by atoms with Crippen molar-refractivity contribution in [3.63, 3.8) is 0 Å². The minimum atomic E-state index is -0.590. The van der Waals surface area contributed by atoms with Gasteiger partial charge in [-0.1, -0.05) is 0 Å². The third-order valence-electron chi connectivity index (χ3n) is 1.67. The van der Waals surface area contributed by atoms with Crippen LogP contribution in [0.25, 0.3) is 0 Å². The van der Waals surface area contributed by atoms with E-state index in [1.54, 1.807) is 0 Å². The Labute approximate surface area is 74.3 Å². The maximum absolute atomic E-state index is 13.0. The Morgan fingerprint density at radius 1 is 1.38 bits per heavy atom. The number of benzene rings is 1. The number of hydrogen-bond donors (Lipinski definition) is 3. The van der Waals surface area contributed by atoms with Gasteiger partial charge in [-0.2, -0.15) is 0 Å². The van der Waals surface area contributed by atoms with Crippen LogP contribution in [0.5, 0.6) is 11.5 Å². The average molecular weight is 187 g/mol. The second-order valence-corrected chi connectivity index (χ2v) is 2.51. The van der Waals surface area contributed by atoms with Gasteiger partial charge in [0.1, 0.15) is 5.82 Å². The van der Waals surface area contributed by atoms with Gasteiger partial charge in [0.25, 0.3) is 0 Å². The quantitative estimate of drug-likeness (QED) is 0.480. The molecule has 0 aliphatic carbocycles. The zero-order valence-electron chi connectivity index (χ0n) is 6.83. The van der Waals surface area contributed by atoms with E-state index in [1.165, 1.54) is 0 Å². The van der Waals surface area contributed by atoms with Crippen LogP contribution in [0.2, 0.25) is 0 Å². The van der Waals surface area contributed by atoms with Crippen LogP contribution < -0.4 is 5.90 Å². The molecule has 0 atom stereocenters. The number of hydrogen-bond acceptors (Lipinski definition) is 4. The zero-order chi connectivity index (χ0) is 9.84. The first-order valence-electron chi connectivity index (χ1n) is 3.67. The maximum atomic E-state index is 13.0. The monoisotopic (exact) mass is 187 g/mol. The Morgan fingerprint density at radius 3 is 2.69 bits per heavy atom. The van der Waals surface area contributed by atoms with E-state index in [-0.39, 0.29) is 24.3 Å². The Morgan fingerprint density at radius 2 is 2.08 bits per heavy atom. The van der Waals surface area contributed by atoms with Gasteiger partial charge >= 0.3 is 0 Å². The van der Waals surface area contributed by atoms with Crippen molar-refractivity contribution in [2.24, 2.45) is 5.90 Å². The molecule has 13 heavy (non-hydrogen) atoms. The zero-order valence-corrected chi connectivity index (χ0v) is 6.83. The Kier molecular flexibility index (Phi) is 3.05. The van der Waals surface area contributed by atoms with E-state index >= 15 is 0 Å². The summed E-state index contributed by atoms with van der Waals surface area (Å²) in [6.07, 6.45) is 0.114. The standard InChI is InChI=1S/C8H10FNO3/c9-6-1-2-7(11)8(12)5(6)3-4-13-10/h1-2,11-12H,3-4,10H2. The van der Waals surface area contributed by atoms with E-state index in [9.17, 15) is 9.50 Å². The van der Waals surface area contributed by atoms with Gasteiger partial charge in [-0.3, -0.25) is 0 Å². The molecule has 0 heterocycles. The lowest BCUT2D eigenvalue weighted by atomic mass is 10.1. The molecule has 0 unspecified atom stereocenters. The first-order valence-corrected chi connectivity index (χ1v) is 3.67. The van der Waals surface area contributed by atoms with E-state index in [0.29, 0.717) is 0 Å². The summed E-state index contributed by atoms with van der Waals surface area (Å²) in [6.45, 7) is 0.0773. The number of rotatable bonds is 3. The summed E-state index contributed by atoms with van der Waals surface area (Å²) in [4.78, 5) is 4.24. The molecule has 0 bridgehead atoms. The first-order chi connectivity index (χ1) is 6.16. The molecular formula is C8H10FNO3. The van der Waals surface area contributed by atoms with Crippen LogP contribution in [0.3, 0.4) is 0 Å². The van der Waals surface area contributed by atoms with Gasteiger partial charge in [-0.05, 0) is 12.1 Å². The molecule has 0 fully saturated rings. The topological polar surface area (TPSA) is 75.7 Å². The van der Waals surface area contributed by atoms with Crippen molar-refractivity contribution in [2.75, 3.05) is 6.61 Å². The largest absolute Gasteiger partial charge is 0.504 e. The minimum Gasteiger partial charge on any atom is -0.504 e. The molecule has 5 heteroatoms. The molecule has 4 N–H and O–H groups in total. The van der Waals surface area contributed by atoms with Gasteiger partial charge < -0.3 is 15.1 Å². The van der Waals surface area contributed by atoms with Crippen molar-refractivity contribution in [1.29, 1.82) is 0 Å². The SMILES string of the molecule is NOCCc1c(F)ccc(O)c1O. The van der Waals surface area contributed by atoms with Crippen molar-refractivity contribution in [2.45, 2.75) is 6.42 Å². The molecule has 0 saturated carbocycles. The predicted molar refractivity (Wildman–Crippen MR) is 43.6 cm³/mol. The van der Waals surface area contributed by atoms with Crippen LogP contribution in [-0.2, 0) is 11.3 Å². The van der Waals surface area contributed by atoms with Crippen molar-refractivity contribution >= 4 is 0 Å². The molecule has 72 valence electrons. The van der Waals surface area contributed by atoms with Gasteiger partial charge in [0.05, 0.1) is 6.61 Å². The lowest BCUT2D eigenvalue weighted by molar-refractivity contribution is 0.140. The summed E-state index contributed by atoms with van der Waals surface area (Å²) in [6, 6.07) is 2.15. The minimum absolute atomic E-state index is 0.00505. The van der Waals surface area contributed by atoms with Gasteiger partial charge in [0.15, 0.2) is 11.5 Å². The molecule has 0 aromatic heterocycles. The number of phenolic OH excluding ortho intramolecular Hbond substituents is 2. The predicted octanol–water partition coefficient (Wildman–Crippen LogP) is 0.670. The molecular weight excluding hydrogens is 177 g/mol. The van der Waals surface area contributed by atoms with Crippen LogP contribution in [0.15, 0.2) is 12.1 Å². The van der Waals surface area contributed by atoms with Crippen LogP contribution in [0.1, 0.15) is 5.56 Å². The third-order valence-corrected chi connectivity index (χ3v) is 1.67.